The maximum atomic E-state index is 14.5. The Kier molecular flexibility index (Phi) is 5.36. The molecule has 7 nitrogen and oxygen atoms in total. The molecule has 39 heavy (non-hydrogen) atoms. The van der Waals surface area contributed by atoms with Gasteiger partial charge in [-0.25, -0.2) is 14.4 Å². The van der Waals surface area contributed by atoms with E-state index in [0.717, 1.165) is 67.1 Å². The van der Waals surface area contributed by atoms with E-state index in [4.69, 9.17) is 9.51 Å². The van der Waals surface area contributed by atoms with E-state index in [1.165, 1.54) is 0 Å². The molecule has 4 bridgehead atoms. The summed E-state index contributed by atoms with van der Waals surface area (Å²) in [6.07, 6.45) is 10.7. The van der Waals surface area contributed by atoms with Crippen LogP contribution in [0.5, 0.6) is 0 Å². The predicted octanol–water partition coefficient (Wildman–Crippen LogP) is 6.48. The van der Waals surface area contributed by atoms with E-state index >= 15 is 0 Å². The zero-order valence-electron chi connectivity index (χ0n) is 23.0. The van der Waals surface area contributed by atoms with Crippen LogP contribution in [0.4, 0.5) is 10.1 Å². The maximum absolute atomic E-state index is 14.5. The molecule has 3 aromatic rings. The topological polar surface area (TPSA) is 85.0 Å². The minimum atomic E-state index is -1.12. The number of carbonyl (C=O) groups is 1. The normalized spacial score (nSPS) is 32.5. The Bertz CT molecular complexity index is 1390. The zero-order valence-corrected chi connectivity index (χ0v) is 23.0. The van der Waals surface area contributed by atoms with Crippen molar-refractivity contribution < 1.29 is 13.7 Å². The van der Waals surface area contributed by atoms with Crippen LogP contribution in [-0.2, 0) is 10.2 Å². The molecular formula is C31H36FN5O2. The Morgan fingerprint density at radius 1 is 1.05 bits per heavy atom. The Morgan fingerprint density at radius 2 is 1.72 bits per heavy atom. The van der Waals surface area contributed by atoms with Gasteiger partial charge >= 0.3 is 0 Å². The van der Waals surface area contributed by atoms with Crippen LogP contribution in [0.15, 0.2) is 41.2 Å². The number of aryl methyl sites for hydroxylation is 1. The average molecular weight is 530 g/mol. The fourth-order valence-corrected chi connectivity index (χ4v) is 7.65. The fourth-order valence-electron chi connectivity index (χ4n) is 7.65. The van der Waals surface area contributed by atoms with Crippen LogP contribution in [0.3, 0.4) is 0 Å². The minimum absolute atomic E-state index is 0.0333. The first-order valence-corrected chi connectivity index (χ1v) is 14.4. The Morgan fingerprint density at radius 3 is 2.31 bits per heavy atom. The molecule has 2 heterocycles. The first-order chi connectivity index (χ1) is 18.6. The fraction of sp³-hybridized carbons (Fsp3) is 0.581. The van der Waals surface area contributed by atoms with Crippen LogP contribution in [0.1, 0.15) is 94.8 Å². The maximum Gasteiger partial charge on any atom is 0.233 e. The van der Waals surface area contributed by atoms with E-state index in [-0.39, 0.29) is 22.7 Å². The van der Waals surface area contributed by atoms with Crippen LogP contribution < -0.4 is 4.90 Å². The summed E-state index contributed by atoms with van der Waals surface area (Å²) < 4.78 is 20.3. The van der Waals surface area contributed by atoms with Gasteiger partial charge in [0.15, 0.2) is 11.6 Å². The van der Waals surface area contributed by atoms with Gasteiger partial charge in [0.2, 0.25) is 11.8 Å². The van der Waals surface area contributed by atoms with Crippen molar-refractivity contribution in [2.45, 2.75) is 95.6 Å². The van der Waals surface area contributed by atoms with E-state index in [0.29, 0.717) is 31.6 Å². The number of amides is 1. The molecule has 6 saturated carbocycles. The molecule has 0 radical (unpaired) electrons. The van der Waals surface area contributed by atoms with Gasteiger partial charge in [-0.15, -0.1) is 0 Å². The van der Waals surface area contributed by atoms with Gasteiger partial charge in [-0.05, 0) is 87.8 Å². The first-order valence-electron chi connectivity index (χ1n) is 14.4. The quantitative estimate of drug-likeness (QED) is 0.348. The van der Waals surface area contributed by atoms with E-state index in [9.17, 15) is 9.18 Å². The summed E-state index contributed by atoms with van der Waals surface area (Å²) in [6, 6.07) is 7.99. The van der Waals surface area contributed by atoms with Gasteiger partial charge in [0.25, 0.3) is 0 Å². The molecule has 1 aromatic carbocycles. The third-order valence-electron chi connectivity index (χ3n) is 10.2. The molecule has 0 aliphatic heterocycles. The number of halogens is 1. The van der Waals surface area contributed by atoms with Gasteiger partial charge in [-0.2, -0.15) is 4.98 Å². The van der Waals surface area contributed by atoms with Crippen molar-refractivity contribution in [1.82, 2.24) is 20.1 Å². The van der Waals surface area contributed by atoms with E-state index in [2.05, 4.69) is 29.0 Å². The van der Waals surface area contributed by atoms with Crippen molar-refractivity contribution in [2.75, 3.05) is 11.4 Å². The largest absolute Gasteiger partial charge is 0.339 e. The van der Waals surface area contributed by atoms with Crippen LogP contribution in [-0.4, -0.2) is 38.2 Å². The summed E-state index contributed by atoms with van der Waals surface area (Å²) in [5.74, 6) is 2.53. The van der Waals surface area contributed by atoms with Crippen LogP contribution >= 0.6 is 0 Å². The predicted molar refractivity (Wildman–Crippen MR) is 145 cm³/mol. The van der Waals surface area contributed by atoms with Gasteiger partial charge in [-0.3, -0.25) is 4.79 Å². The Labute approximate surface area is 228 Å². The number of alkyl halides is 1. The molecule has 0 atom stereocenters. The van der Waals surface area contributed by atoms with Crippen LogP contribution in [0, 0.1) is 17.8 Å². The molecular weight excluding hydrogens is 493 g/mol. The molecule has 9 rings (SSSR count). The Hall–Kier alpha value is -3.16. The first kappa shape index (κ1) is 24.9. The van der Waals surface area contributed by atoms with E-state index in [1.807, 2.05) is 48.5 Å². The van der Waals surface area contributed by atoms with E-state index in [1.54, 1.807) is 0 Å². The number of anilines is 1. The van der Waals surface area contributed by atoms with E-state index < -0.39 is 11.1 Å². The smallest absolute Gasteiger partial charge is 0.233 e. The second-order valence-electron chi connectivity index (χ2n) is 13.4. The lowest BCUT2D eigenvalue weighted by atomic mass is 9.41. The van der Waals surface area contributed by atoms with Gasteiger partial charge in [0, 0.05) is 41.5 Å². The van der Waals surface area contributed by atoms with Crippen molar-refractivity contribution in [1.29, 1.82) is 0 Å². The molecule has 6 aliphatic rings. The highest BCUT2D eigenvalue weighted by molar-refractivity contribution is 6.00. The van der Waals surface area contributed by atoms with Crippen molar-refractivity contribution in [3.8, 4) is 11.4 Å². The molecule has 8 heteroatoms. The number of rotatable bonds is 7. The lowest BCUT2D eigenvalue weighted by molar-refractivity contribution is -0.211. The SMILES string of the molecule is Cc1cnc(-c2cccc(N(CC34CCC(c5nc(C(C)C)no5)(CC3)CC4)C(=O)C34CC(F)(C3)C4)c2)nc1. The van der Waals surface area contributed by atoms with Gasteiger partial charge < -0.3 is 9.42 Å². The second-order valence-corrected chi connectivity index (χ2v) is 13.4. The molecule has 2 aromatic heterocycles. The molecule has 0 N–H and O–H groups in total. The van der Waals surface area contributed by atoms with Crippen molar-refractivity contribution >= 4 is 11.6 Å². The number of aromatic nitrogens is 4. The molecule has 0 saturated heterocycles. The standard InChI is InChI=1S/C31H36FN5O2/c1-20(2)24-35-26(39-36-24)29-10-7-28(8-11-29,9-12-29)19-37(27(38)30-16-31(32,17-30)18-30)23-6-4-5-22(13-23)25-33-14-21(3)15-34-25/h4-6,13-15,20H,7-12,16-19H2,1-3H3. The summed E-state index contributed by atoms with van der Waals surface area (Å²) in [5.41, 5.74) is 1.07. The summed E-state index contributed by atoms with van der Waals surface area (Å²) in [7, 11) is 0. The molecule has 204 valence electrons. The van der Waals surface area contributed by atoms with Crippen molar-refractivity contribution in [2.24, 2.45) is 10.8 Å². The summed E-state index contributed by atoms with van der Waals surface area (Å²) in [5, 5.41) is 4.24. The van der Waals surface area contributed by atoms with Crippen LogP contribution in [0.2, 0.25) is 0 Å². The highest BCUT2D eigenvalue weighted by atomic mass is 19.1. The summed E-state index contributed by atoms with van der Waals surface area (Å²) in [4.78, 5) is 29.9. The second kappa shape index (κ2) is 8.42. The third kappa shape index (κ3) is 3.93. The van der Waals surface area contributed by atoms with Crippen molar-refractivity contribution in [3.05, 3.63) is 53.9 Å². The minimum Gasteiger partial charge on any atom is -0.339 e. The van der Waals surface area contributed by atoms with Crippen molar-refractivity contribution in [3.63, 3.8) is 0 Å². The third-order valence-corrected chi connectivity index (χ3v) is 10.2. The van der Waals surface area contributed by atoms with Gasteiger partial charge in [-0.1, -0.05) is 31.1 Å². The lowest BCUT2D eigenvalue weighted by Gasteiger charge is -2.65. The van der Waals surface area contributed by atoms with Gasteiger partial charge in [0.05, 0.1) is 5.41 Å². The summed E-state index contributed by atoms with van der Waals surface area (Å²) >= 11 is 0. The van der Waals surface area contributed by atoms with Gasteiger partial charge in [0.1, 0.15) is 5.67 Å². The monoisotopic (exact) mass is 529 g/mol. The van der Waals surface area contributed by atoms with Crippen LogP contribution in [0.25, 0.3) is 11.4 Å². The number of hydrogen-bond acceptors (Lipinski definition) is 6. The number of fused-ring (bicyclic) bond motifs is 3. The molecule has 6 fully saturated rings. The lowest BCUT2D eigenvalue weighted by Crippen LogP contribution is -2.71. The molecule has 6 aliphatic carbocycles. The highest BCUT2D eigenvalue weighted by Gasteiger charge is 2.73. The molecule has 0 spiro atoms. The number of carbonyl (C=O) groups excluding carboxylic acids is 1. The number of hydrogen-bond donors (Lipinski definition) is 0. The average Bonchev–Trinajstić information content (AvgIpc) is 3.43. The number of benzene rings is 1. The Balaban J connectivity index is 1.17. The number of nitrogens with zero attached hydrogens (tertiary/aromatic N) is 5. The summed E-state index contributed by atoms with van der Waals surface area (Å²) in [6.45, 7) is 6.79. The highest BCUT2D eigenvalue weighted by Crippen LogP contribution is 2.70. The zero-order chi connectivity index (χ0) is 27.0. The molecule has 0 unspecified atom stereocenters. The molecule has 1 amide bonds.